The maximum absolute atomic E-state index is 14.1. The molecule has 3 amide bonds. The maximum Gasteiger partial charge on any atom is 0.410 e. The molecule has 0 radical (unpaired) electrons. The lowest BCUT2D eigenvalue weighted by molar-refractivity contribution is -0.147. The number of ether oxygens (including phenoxy) is 2. The number of benzene rings is 1. The van der Waals surface area contributed by atoms with Crippen molar-refractivity contribution in [2.45, 2.75) is 76.5 Å². The Bertz CT molecular complexity index is 1140. The van der Waals surface area contributed by atoms with Crippen molar-refractivity contribution in [2.75, 3.05) is 18.9 Å². The van der Waals surface area contributed by atoms with Gasteiger partial charge in [0.15, 0.2) is 0 Å². The quantitative estimate of drug-likeness (QED) is 0.348. The molecular weight excluding hydrogens is 510 g/mol. The molecular formula is C27H39N3O7S. The van der Waals surface area contributed by atoms with Gasteiger partial charge < -0.3 is 14.8 Å². The lowest BCUT2D eigenvalue weighted by Gasteiger charge is -2.27. The summed E-state index contributed by atoms with van der Waals surface area (Å²) in [5.41, 5.74) is -0.751. The van der Waals surface area contributed by atoms with Crippen LogP contribution in [0.1, 0.15) is 53.9 Å². The number of carbonyl (C=O) groups excluding carboxylic acids is 4. The molecule has 0 saturated carbocycles. The number of nitrogens with one attached hydrogen (secondary N) is 1. The highest BCUT2D eigenvalue weighted by atomic mass is 32.2. The van der Waals surface area contributed by atoms with Crippen LogP contribution in [0.4, 0.5) is 4.79 Å². The molecule has 1 fully saturated rings. The molecule has 1 heterocycles. The summed E-state index contributed by atoms with van der Waals surface area (Å²) in [6.45, 7) is 12.8. The van der Waals surface area contributed by atoms with E-state index in [-0.39, 0.29) is 17.4 Å². The Labute approximate surface area is 225 Å². The molecule has 1 aliphatic rings. The van der Waals surface area contributed by atoms with Crippen LogP contribution in [0.5, 0.6) is 0 Å². The van der Waals surface area contributed by atoms with Gasteiger partial charge in [0.1, 0.15) is 30.0 Å². The highest BCUT2D eigenvalue weighted by Crippen LogP contribution is 2.24. The molecule has 3 atom stereocenters. The van der Waals surface area contributed by atoms with Crippen molar-refractivity contribution in [3.8, 4) is 0 Å². The topological polar surface area (TPSA) is 131 Å². The van der Waals surface area contributed by atoms with Crippen LogP contribution in [0.15, 0.2) is 52.2 Å². The zero-order valence-electron chi connectivity index (χ0n) is 22.8. The third-order valence-corrected chi connectivity index (χ3v) is 7.65. The van der Waals surface area contributed by atoms with Crippen LogP contribution < -0.4 is 5.32 Å². The van der Waals surface area contributed by atoms with E-state index in [4.69, 9.17) is 9.47 Å². The van der Waals surface area contributed by atoms with Gasteiger partial charge in [-0.3, -0.25) is 14.5 Å². The van der Waals surface area contributed by atoms with Crippen LogP contribution in [-0.2, 0) is 33.6 Å². The smallest absolute Gasteiger partial charge is 0.410 e. The van der Waals surface area contributed by atoms with Gasteiger partial charge in [0.2, 0.25) is 5.91 Å². The zero-order chi connectivity index (χ0) is 28.5. The van der Waals surface area contributed by atoms with Crippen LogP contribution in [0.2, 0.25) is 0 Å². The molecule has 1 aromatic carbocycles. The number of likely N-dealkylation sites (tertiary alicyclic amines) is 1. The van der Waals surface area contributed by atoms with Gasteiger partial charge in [-0.2, -0.15) is 4.36 Å². The molecule has 1 aliphatic heterocycles. The highest BCUT2D eigenvalue weighted by molar-refractivity contribution is 7.94. The molecule has 11 heteroatoms. The minimum atomic E-state index is -3.59. The molecule has 0 aromatic heterocycles. The molecule has 2 rings (SSSR count). The number of rotatable bonds is 10. The Balaban J connectivity index is 2.34. The highest BCUT2D eigenvalue weighted by Gasteiger charge is 2.38. The van der Waals surface area contributed by atoms with Gasteiger partial charge >= 0.3 is 12.1 Å². The summed E-state index contributed by atoms with van der Waals surface area (Å²) in [4.78, 5) is 53.0. The van der Waals surface area contributed by atoms with Crippen LogP contribution in [0, 0.1) is 5.92 Å². The van der Waals surface area contributed by atoms with E-state index in [0.29, 0.717) is 25.8 Å². The minimum absolute atomic E-state index is 0.0105. The number of nitrogens with zero attached hydrogens (tertiary/aromatic N) is 2. The van der Waals surface area contributed by atoms with E-state index < -0.39 is 57.0 Å². The fourth-order valence-corrected chi connectivity index (χ4v) is 5.68. The number of hydrogen-bond donors (Lipinski definition) is 1. The zero-order valence-corrected chi connectivity index (χ0v) is 23.6. The van der Waals surface area contributed by atoms with E-state index in [1.807, 2.05) is 13.8 Å². The first-order valence-corrected chi connectivity index (χ1v) is 14.3. The minimum Gasteiger partial charge on any atom is -0.460 e. The van der Waals surface area contributed by atoms with Crippen LogP contribution in [0.25, 0.3) is 0 Å². The Hall–Kier alpha value is -3.21. The first-order chi connectivity index (χ1) is 17.8. The second-order valence-corrected chi connectivity index (χ2v) is 12.8. The number of carbonyl (C=O) groups is 4. The Morgan fingerprint density at radius 1 is 1.21 bits per heavy atom. The van der Waals surface area contributed by atoms with Crippen molar-refractivity contribution in [3.05, 3.63) is 43.0 Å². The van der Waals surface area contributed by atoms with Crippen molar-refractivity contribution in [1.29, 1.82) is 0 Å². The van der Waals surface area contributed by atoms with Gasteiger partial charge in [0, 0.05) is 11.4 Å². The summed E-state index contributed by atoms with van der Waals surface area (Å²) in [7, 11) is -3.59. The SMILES string of the molecule is C=CCOC(=O)[C@H](CC(C)C)NC(=O)CS(=O)(=NC(=O)[C@@H]1CCCN1C(=O)OC(C)(C)C)c1ccccc1. The maximum atomic E-state index is 14.1. The number of amides is 3. The van der Waals surface area contributed by atoms with E-state index in [0.717, 1.165) is 0 Å². The summed E-state index contributed by atoms with van der Waals surface area (Å²) in [5.74, 6) is -2.70. The van der Waals surface area contributed by atoms with Crippen LogP contribution >= 0.6 is 0 Å². The van der Waals surface area contributed by atoms with Gasteiger partial charge in [-0.1, -0.05) is 44.7 Å². The van der Waals surface area contributed by atoms with Crippen molar-refractivity contribution in [2.24, 2.45) is 10.3 Å². The first-order valence-electron chi connectivity index (χ1n) is 12.7. The molecule has 0 bridgehead atoms. The largest absolute Gasteiger partial charge is 0.460 e. The summed E-state index contributed by atoms with van der Waals surface area (Å²) >= 11 is 0. The van der Waals surface area contributed by atoms with Gasteiger partial charge in [0.05, 0.1) is 9.73 Å². The molecule has 1 aromatic rings. The second kappa shape index (κ2) is 13.5. The normalized spacial score (nSPS) is 17.7. The van der Waals surface area contributed by atoms with E-state index >= 15 is 0 Å². The predicted molar refractivity (Wildman–Crippen MR) is 144 cm³/mol. The molecule has 38 heavy (non-hydrogen) atoms. The Morgan fingerprint density at radius 2 is 1.87 bits per heavy atom. The number of hydrogen-bond acceptors (Lipinski definition) is 7. The van der Waals surface area contributed by atoms with Gasteiger partial charge in [-0.15, -0.1) is 0 Å². The molecule has 1 N–H and O–H groups in total. The second-order valence-electron chi connectivity index (χ2n) is 10.5. The lowest BCUT2D eigenvalue weighted by atomic mass is 10.0. The van der Waals surface area contributed by atoms with Crippen LogP contribution in [0.3, 0.4) is 0 Å². The average molecular weight is 550 g/mol. The Morgan fingerprint density at radius 3 is 2.45 bits per heavy atom. The van der Waals surface area contributed by atoms with E-state index in [1.165, 1.54) is 23.1 Å². The fourth-order valence-electron chi connectivity index (χ4n) is 3.91. The summed E-state index contributed by atoms with van der Waals surface area (Å²) in [6.07, 6.45) is 1.97. The van der Waals surface area contributed by atoms with Crippen molar-refractivity contribution in [3.63, 3.8) is 0 Å². The van der Waals surface area contributed by atoms with Crippen molar-refractivity contribution < 1.29 is 32.9 Å². The van der Waals surface area contributed by atoms with Crippen molar-refractivity contribution >= 4 is 33.6 Å². The fraction of sp³-hybridized carbons (Fsp3) is 0.556. The first kappa shape index (κ1) is 31.0. The average Bonchev–Trinajstić information content (AvgIpc) is 3.32. The van der Waals surface area contributed by atoms with E-state index in [1.54, 1.807) is 39.0 Å². The summed E-state index contributed by atoms with van der Waals surface area (Å²) in [6, 6.07) is 6.11. The van der Waals surface area contributed by atoms with E-state index in [9.17, 15) is 23.4 Å². The predicted octanol–water partition coefficient (Wildman–Crippen LogP) is 3.70. The third kappa shape index (κ3) is 9.27. The Kier molecular flexibility index (Phi) is 11.1. The molecule has 1 unspecified atom stereocenters. The van der Waals surface area contributed by atoms with Crippen molar-refractivity contribution in [1.82, 2.24) is 10.2 Å². The third-order valence-electron chi connectivity index (χ3n) is 5.51. The van der Waals surface area contributed by atoms with E-state index in [2.05, 4.69) is 16.3 Å². The van der Waals surface area contributed by atoms with Crippen LogP contribution in [-0.4, -0.2) is 69.6 Å². The molecule has 0 spiro atoms. The van der Waals surface area contributed by atoms with Gasteiger partial charge in [-0.25, -0.2) is 13.8 Å². The molecule has 0 aliphatic carbocycles. The number of esters is 1. The molecule has 210 valence electrons. The summed E-state index contributed by atoms with van der Waals surface area (Å²) in [5, 5.41) is 2.60. The molecule has 10 nitrogen and oxygen atoms in total. The summed E-state index contributed by atoms with van der Waals surface area (Å²) < 4.78 is 28.7. The van der Waals surface area contributed by atoms with Gasteiger partial charge in [-0.05, 0) is 58.1 Å². The monoisotopic (exact) mass is 549 g/mol. The standard InChI is InChI=1S/C27H39N3O7S/c1-7-16-36-25(33)21(17-19(2)3)28-23(31)18-38(35,20-12-9-8-10-13-20)29-24(32)22-14-11-15-30(22)26(34)37-27(4,5)6/h7-10,12-13,19,21-22H,1,11,14-18H2,2-6H3,(H,28,31)/t21-,22-,38?/m0/s1. The lowest BCUT2D eigenvalue weighted by Crippen LogP contribution is -2.45. The molecule has 1 saturated heterocycles. The van der Waals surface area contributed by atoms with Gasteiger partial charge in [0.25, 0.3) is 5.91 Å².